The molecule has 0 unspecified atom stereocenters. The number of hydrogen-bond acceptors (Lipinski definition) is 4. The van der Waals surface area contributed by atoms with Crippen molar-refractivity contribution in [2.45, 2.75) is 20.3 Å². The lowest BCUT2D eigenvalue weighted by Gasteiger charge is -2.07. The summed E-state index contributed by atoms with van der Waals surface area (Å²) < 4.78 is 0. The summed E-state index contributed by atoms with van der Waals surface area (Å²) in [6.45, 7) is 4.04. The molecule has 1 aromatic carbocycles. The van der Waals surface area contributed by atoms with E-state index in [1.807, 2.05) is 24.3 Å². The molecule has 0 saturated heterocycles. The van der Waals surface area contributed by atoms with Gasteiger partial charge in [0.05, 0.1) is 0 Å². The van der Waals surface area contributed by atoms with E-state index in [2.05, 4.69) is 20.6 Å². The van der Waals surface area contributed by atoms with Crippen molar-refractivity contribution in [3.8, 4) is 0 Å². The first-order chi connectivity index (χ1) is 10.0. The number of amides is 1. The maximum absolute atomic E-state index is 10.9. The molecule has 0 aliphatic heterocycles. The number of aromatic nitrogens is 2. The van der Waals surface area contributed by atoms with Gasteiger partial charge in [0.2, 0.25) is 5.91 Å². The summed E-state index contributed by atoms with van der Waals surface area (Å²) >= 11 is 5.88. The molecule has 110 valence electrons. The quantitative estimate of drug-likeness (QED) is 0.833. The Kier molecular flexibility index (Phi) is 5.11. The molecule has 0 bridgehead atoms. The predicted molar refractivity (Wildman–Crippen MR) is 84.7 cm³/mol. The van der Waals surface area contributed by atoms with Gasteiger partial charge in [0.1, 0.15) is 16.8 Å². The number of aryl methyl sites for hydroxylation is 1. The van der Waals surface area contributed by atoms with Crippen molar-refractivity contribution in [1.82, 2.24) is 9.97 Å². The van der Waals surface area contributed by atoms with E-state index in [1.165, 1.54) is 12.5 Å². The maximum Gasteiger partial charge on any atom is 0.221 e. The molecule has 1 heterocycles. The SMILES string of the molecule is CC(=O)Nc1ccc(CCNc2cc(Cl)nc(C)n2)cc1. The molecule has 6 heteroatoms. The summed E-state index contributed by atoms with van der Waals surface area (Å²) in [5.74, 6) is 1.30. The molecule has 2 aromatic rings. The molecule has 21 heavy (non-hydrogen) atoms. The predicted octanol–water partition coefficient (Wildman–Crippen LogP) is 3.05. The van der Waals surface area contributed by atoms with Crippen LogP contribution < -0.4 is 10.6 Å². The number of nitrogens with zero attached hydrogens (tertiary/aromatic N) is 2. The summed E-state index contributed by atoms with van der Waals surface area (Å²) in [7, 11) is 0. The number of benzene rings is 1. The lowest BCUT2D eigenvalue weighted by atomic mass is 10.1. The Morgan fingerprint density at radius 3 is 2.57 bits per heavy atom. The van der Waals surface area contributed by atoms with Gasteiger partial charge in [0.25, 0.3) is 0 Å². The molecule has 1 aromatic heterocycles. The summed E-state index contributed by atoms with van der Waals surface area (Å²) in [5, 5.41) is 6.39. The van der Waals surface area contributed by atoms with Crippen LogP contribution in [0.2, 0.25) is 5.15 Å². The van der Waals surface area contributed by atoms with E-state index in [9.17, 15) is 4.79 Å². The van der Waals surface area contributed by atoms with Crippen molar-refractivity contribution in [3.05, 3.63) is 46.9 Å². The minimum absolute atomic E-state index is 0.0690. The van der Waals surface area contributed by atoms with Gasteiger partial charge in [0.15, 0.2) is 0 Å². The Hall–Kier alpha value is -2.14. The fourth-order valence-electron chi connectivity index (χ4n) is 1.91. The molecular weight excluding hydrogens is 288 g/mol. The van der Waals surface area contributed by atoms with Crippen molar-refractivity contribution in [3.63, 3.8) is 0 Å². The van der Waals surface area contributed by atoms with Crippen LogP contribution in [0.5, 0.6) is 0 Å². The lowest BCUT2D eigenvalue weighted by molar-refractivity contribution is -0.114. The molecule has 0 radical (unpaired) electrons. The molecule has 2 N–H and O–H groups in total. The van der Waals surface area contributed by atoms with Crippen LogP contribution in [0.25, 0.3) is 0 Å². The van der Waals surface area contributed by atoms with Gasteiger partial charge in [-0.2, -0.15) is 0 Å². The van der Waals surface area contributed by atoms with Crippen molar-refractivity contribution in [1.29, 1.82) is 0 Å². The Bertz CT molecular complexity index is 608. The van der Waals surface area contributed by atoms with Crippen LogP contribution in [0.15, 0.2) is 30.3 Å². The molecular formula is C15H17ClN4O. The van der Waals surface area contributed by atoms with Gasteiger partial charge < -0.3 is 10.6 Å². The molecule has 0 aliphatic rings. The van der Waals surface area contributed by atoms with E-state index in [4.69, 9.17) is 11.6 Å². The van der Waals surface area contributed by atoms with Gasteiger partial charge in [-0.05, 0) is 31.0 Å². The highest BCUT2D eigenvalue weighted by atomic mass is 35.5. The van der Waals surface area contributed by atoms with Crippen LogP contribution in [0.1, 0.15) is 18.3 Å². The minimum Gasteiger partial charge on any atom is -0.370 e. The Labute approximate surface area is 128 Å². The average Bonchev–Trinajstić information content (AvgIpc) is 2.39. The van der Waals surface area contributed by atoms with E-state index in [0.717, 1.165) is 24.5 Å². The van der Waals surface area contributed by atoms with E-state index in [0.29, 0.717) is 11.0 Å². The first-order valence-corrected chi connectivity index (χ1v) is 7.02. The summed E-state index contributed by atoms with van der Waals surface area (Å²) in [6, 6.07) is 9.47. The van der Waals surface area contributed by atoms with Crippen molar-refractivity contribution in [2.24, 2.45) is 0 Å². The Balaban J connectivity index is 1.87. The topological polar surface area (TPSA) is 66.9 Å². The highest BCUT2D eigenvalue weighted by molar-refractivity contribution is 6.29. The number of rotatable bonds is 5. The molecule has 2 rings (SSSR count). The average molecular weight is 305 g/mol. The van der Waals surface area contributed by atoms with E-state index >= 15 is 0 Å². The monoisotopic (exact) mass is 304 g/mol. The third kappa shape index (κ3) is 5.04. The number of nitrogens with one attached hydrogen (secondary N) is 2. The van der Waals surface area contributed by atoms with Crippen LogP contribution >= 0.6 is 11.6 Å². The van der Waals surface area contributed by atoms with E-state index < -0.39 is 0 Å². The number of halogens is 1. The molecule has 0 aliphatic carbocycles. The zero-order valence-electron chi connectivity index (χ0n) is 12.0. The Morgan fingerprint density at radius 1 is 1.24 bits per heavy atom. The van der Waals surface area contributed by atoms with Crippen LogP contribution in [-0.4, -0.2) is 22.4 Å². The number of carbonyl (C=O) groups excluding carboxylic acids is 1. The smallest absolute Gasteiger partial charge is 0.221 e. The standard InChI is InChI=1S/C15H17ClN4O/c1-10-18-14(16)9-15(19-10)17-8-7-12-3-5-13(6-4-12)20-11(2)21/h3-6,9H,7-8H2,1-2H3,(H,20,21)(H,17,18,19). The second-order valence-electron chi connectivity index (χ2n) is 4.68. The fourth-order valence-corrected chi connectivity index (χ4v) is 2.14. The van der Waals surface area contributed by atoms with Gasteiger partial charge in [-0.15, -0.1) is 0 Å². The van der Waals surface area contributed by atoms with Crippen LogP contribution in [0.3, 0.4) is 0 Å². The molecule has 0 atom stereocenters. The molecule has 5 nitrogen and oxygen atoms in total. The third-order valence-electron chi connectivity index (χ3n) is 2.80. The Morgan fingerprint density at radius 2 is 1.95 bits per heavy atom. The van der Waals surface area contributed by atoms with E-state index in [-0.39, 0.29) is 5.91 Å². The zero-order chi connectivity index (χ0) is 15.2. The van der Waals surface area contributed by atoms with Crippen LogP contribution in [-0.2, 0) is 11.2 Å². The van der Waals surface area contributed by atoms with Gasteiger partial charge in [-0.25, -0.2) is 9.97 Å². The number of carbonyl (C=O) groups is 1. The van der Waals surface area contributed by atoms with Gasteiger partial charge in [-0.3, -0.25) is 4.79 Å². The third-order valence-corrected chi connectivity index (χ3v) is 2.99. The normalized spacial score (nSPS) is 10.2. The zero-order valence-corrected chi connectivity index (χ0v) is 12.7. The molecule has 1 amide bonds. The summed E-state index contributed by atoms with van der Waals surface area (Å²) in [5.41, 5.74) is 1.98. The molecule has 0 spiro atoms. The minimum atomic E-state index is -0.0690. The van der Waals surface area contributed by atoms with Crippen molar-refractivity contribution < 1.29 is 4.79 Å². The summed E-state index contributed by atoms with van der Waals surface area (Å²) in [6.07, 6.45) is 0.848. The van der Waals surface area contributed by atoms with Crippen molar-refractivity contribution >= 4 is 29.0 Å². The van der Waals surface area contributed by atoms with Gasteiger partial charge in [0, 0.05) is 25.2 Å². The van der Waals surface area contributed by atoms with Crippen molar-refractivity contribution in [2.75, 3.05) is 17.2 Å². The van der Waals surface area contributed by atoms with Crippen LogP contribution in [0, 0.1) is 6.92 Å². The second kappa shape index (κ2) is 7.04. The number of hydrogen-bond donors (Lipinski definition) is 2. The molecule has 0 fully saturated rings. The second-order valence-corrected chi connectivity index (χ2v) is 5.07. The maximum atomic E-state index is 10.9. The fraction of sp³-hybridized carbons (Fsp3) is 0.267. The summed E-state index contributed by atoms with van der Waals surface area (Å²) in [4.78, 5) is 19.2. The highest BCUT2D eigenvalue weighted by Gasteiger charge is 2.00. The lowest BCUT2D eigenvalue weighted by Crippen LogP contribution is -2.08. The van der Waals surface area contributed by atoms with Crippen LogP contribution in [0.4, 0.5) is 11.5 Å². The van der Waals surface area contributed by atoms with Gasteiger partial charge >= 0.3 is 0 Å². The van der Waals surface area contributed by atoms with E-state index in [1.54, 1.807) is 13.0 Å². The first kappa shape index (κ1) is 15.3. The molecule has 0 saturated carbocycles. The highest BCUT2D eigenvalue weighted by Crippen LogP contribution is 2.12. The first-order valence-electron chi connectivity index (χ1n) is 6.64. The van der Waals surface area contributed by atoms with Gasteiger partial charge in [-0.1, -0.05) is 23.7 Å². The largest absolute Gasteiger partial charge is 0.370 e. The number of anilines is 2.